The van der Waals surface area contributed by atoms with Gasteiger partial charge in [0.15, 0.2) is 0 Å². The SMILES string of the molecule is CCN1CCN(C(=O)N(Cc2ccc(C(=O)OC)cn2)c2ccc(Cl)cc2)CC1.CCN1CCN(C(=O)Nc2ccc(Cl)cc2)CC1.COC(=O)c1ccc(CBr)nc1. The molecule has 14 nitrogen and oxygen atoms in total. The number of hydrogen-bond donors (Lipinski definition) is 1. The van der Waals surface area contributed by atoms with Crippen LogP contribution in [0.15, 0.2) is 85.2 Å². The first-order valence-corrected chi connectivity index (χ1v) is 21.1. The van der Waals surface area contributed by atoms with Gasteiger partial charge in [-0.2, -0.15) is 0 Å². The number of pyridine rings is 2. The second-order valence-corrected chi connectivity index (χ2v) is 14.8. The van der Waals surface area contributed by atoms with Crippen molar-refractivity contribution >= 4 is 74.5 Å². The normalized spacial score (nSPS) is 14.2. The van der Waals surface area contributed by atoms with E-state index in [1.165, 1.54) is 26.6 Å². The third-order valence-electron chi connectivity index (χ3n) is 9.61. The monoisotopic (exact) mass is 912 g/mol. The van der Waals surface area contributed by atoms with E-state index in [1.54, 1.807) is 53.4 Å². The molecule has 1 N–H and O–H groups in total. The Kier molecular flexibility index (Phi) is 19.3. The quantitative estimate of drug-likeness (QED) is 0.132. The molecule has 0 atom stereocenters. The molecule has 0 radical (unpaired) electrons. The van der Waals surface area contributed by atoms with Gasteiger partial charge in [0.05, 0.1) is 43.3 Å². The maximum Gasteiger partial charge on any atom is 0.339 e. The van der Waals surface area contributed by atoms with Gasteiger partial charge in [-0.3, -0.25) is 14.9 Å². The Hall–Kier alpha value is -4.80. The highest BCUT2D eigenvalue weighted by molar-refractivity contribution is 9.08. The van der Waals surface area contributed by atoms with Crippen molar-refractivity contribution in [2.45, 2.75) is 25.7 Å². The molecule has 2 saturated heterocycles. The number of aromatic nitrogens is 2. The molecule has 6 rings (SSSR count). The number of likely N-dealkylation sites (N-methyl/N-ethyl adjacent to an activating group) is 2. The van der Waals surface area contributed by atoms with Crippen LogP contribution in [0.5, 0.6) is 0 Å². The number of carbonyl (C=O) groups excluding carboxylic acids is 4. The van der Waals surface area contributed by atoms with Gasteiger partial charge in [0.2, 0.25) is 0 Å². The molecule has 17 heteroatoms. The summed E-state index contributed by atoms with van der Waals surface area (Å²) in [5.41, 5.74) is 3.94. The molecule has 0 spiro atoms. The smallest absolute Gasteiger partial charge is 0.339 e. The molecule has 2 fully saturated rings. The molecule has 59 heavy (non-hydrogen) atoms. The van der Waals surface area contributed by atoms with Crippen molar-refractivity contribution in [3.8, 4) is 0 Å². The lowest BCUT2D eigenvalue weighted by molar-refractivity contribution is 0.0591. The topological polar surface area (TPSA) is 141 Å². The molecule has 4 heterocycles. The van der Waals surface area contributed by atoms with Crippen LogP contribution in [0.4, 0.5) is 21.0 Å². The van der Waals surface area contributed by atoms with E-state index in [0.29, 0.717) is 45.3 Å². The summed E-state index contributed by atoms with van der Waals surface area (Å²) in [7, 11) is 2.68. The number of alkyl halides is 1. The largest absolute Gasteiger partial charge is 0.465 e. The summed E-state index contributed by atoms with van der Waals surface area (Å²) in [6, 6.07) is 21.1. The average Bonchev–Trinajstić information content (AvgIpc) is 3.29. The van der Waals surface area contributed by atoms with Crippen LogP contribution in [0, 0.1) is 0 Å². The Morgan fingerprint density at radius 1 is 0.661 bits per heavy atom. The number of carbonyl (C=O) groups is 4. The molecule has 0 aliphatic carbocycles. The third-order valence-corrected chi connectivity index (χ3v) is 10.7. The maximum absolute atomic E-state index is 13.3. The molecule has 4 amide bonds. The van der Waals surface area contributed by atoms with E-state index in [0.717, 1.165) is 69.4 Å². The highest BCUT2D eigenvalue weighted by Gasteiger charge is 2.26. The predicted octanol–water partition coefficient (Wildman–Crippen LogP) is 7.56. The van der Waals surface area contributed by atoms with Crippen LogP contribution in [-0.4, -0.2) is 133 Å². The summed E-state index contributed by atoms with van der Waals surface area (Å²) in [5, 5.41) is 4.85. The Morgan fingerprint density at radius 3 is 1.54 bits per heavy atom. The zero-order valence-electron chi connectivity index (χ0n) is 33.8. The summed E-state index contributed by atoms with van der Waals surface area (Å²) < 4.78 is 9.23. The number of nitrogens with one attached hydrogen (secondary N) is 1. The fraction of sp³-hybridized carbons (Fsp3) is 0.381. The molecule has 2 aromatic heterocycles. The number of benzene rings is 2. The van der Waals surface area contributed by atoms with Gasteiger partial charge in [0.1, 0.15) is 0 Å². The van der Waals surface area contributed by atoms with E-state index in [9.17, 15) is 19.2 Å². The molecular weight excluding hydrogens is 863 g/mol. The van der Waals surface area contributed by atoms with Gasteiger partial charge in [-0.1, -0.05) is 53.0 Å². The number of amides is 4. The highest BCUT2D eigenvalue weighted by Crippen LogP contribution is 2.22. The summed E-state index contributed by atoms with van der Waals surface area (Å²) in [4.78, 5) is 66.3. The zero-order chi connectivity index (χ0) is 42.7. The van der Waals surface area contributed by atoms with E-state index < -0.39 is 5.97 Å². The number of piperazine rings is 2. The number of urea groups is 2. The molecule has 2 aliphatic rings. The van der Waals surface area contributed by atoms with E-state index in [1.807, 2.05) is 34.1 Å². The first-order valence-electron chi connectivity index (χ1n) is 19.2. The van der Waals surface area contributed by atoms with Crippen molar-refractivity contribution in [2.24, 2.45) is 0 Å². The Balaban J connectivity index is 0.000000217. The van der Waals surface area contributed by atoms with Gasteiger partial charge in [-0.25, -0.2) is 19.2 Å². The molecule has 0 saturated carbocycles. The lowest BCUT2D eigenvalue weighted by atomic mass is 10.2. The van der Waals surface area contributed by atoms with Crippen LogP contribution in [0.3, 0.4) is 0 Å². The molecule has 2 aliphatic heterocycles. The van der Waals surface area contributed by atoms with E-state index in [-0.39, 0.29) is 24.6 Å². The summed E-state index contributed by atoms with van der Waals surface area (Å²) >= 11 is 15.1. The van der Waals surface area contributed by atoms with Crippen molar-refractivity contribution in [3.05, 3.63) is 118 Å². The van der Waals surface area contributed by atoms with Crippen LogP contribution < -0.4 is 10.2 Å². The lowest BCUT2D eigenvalue weighted by Crippen LogP contribution is -2.52. The first-order chi connectivity index (χ1) is 28.5. The summed E-state index contributed by atoms with van der Waals surface area (Å²) in [5.74, 6) is -0.799. The second-order valence-electron chi connectivity index (χ2n) is 13.3. The number of halogens is 3. The maximum atomic E-state index is 13.3. The summed E-state index contributed by atoms with van der Waals surface area (Å²) in [6.07, 6.45) is 2.97. The van der Waals surface area contributed by atoms with E-state index in [4.69, 9.17) is 27.9 Å². The fourth-order valence-corrected chi connectivity index (χ4v) is 6.56. The number of anilines is 2. The van der Waals surface area contributed by atoms with Gasteiger partial charge in [0, 0.05) is 91.5 Å². The molecule has 316 valence electrons. The number of rotatable bonds is 9. The number of ether oxygens (including phenoxy) is 2. The highest BCUT2D eigenvalue weighted by atomic mass is 79.9. The van der Waals surface area contributed by atoms with Crippen LogP contribution in [0.25, 0.3) is 0 Å². The average molecular weight is 915 g/mol. The number of nitrogens with zero attached hydrogens (tertiary/aromatic N) is 7. The van der Waals surface area contributed by atoms with Crippen LogP contribution in [0.2, 0.25) is 10.0 Å². The van der Waals surface area contributed by atoms with Crippen molar-refractivity contribution in [2.75, 3.05) is 89.9 Å². The number of methoxy groups -OCH3 is 2. The molecule has 0 unspecified atom stereocenters. The van der Waals surface area contributed by atoms with Gasteiger partial charge in [0.25, 0.3) is 0 Å². The first kappa shape index (κ1) is 46.9. The van der Waals surface area contributed by atoms with Crippen molar-refractivity contribution in [1.29, 1.82) is 0 Å². The Morgan fingerprint density at radius 2 is 1.12 bits per heavy atom. The van der Waals surface area contributed by atoms with E-state index in [2.05, 4.69) is 59.6 Å². The molecule has 2 aromatic carbocycles. The van der Waals surface area contributed by atoms with Gasteiger partial charge in [-0.15, -0.1) is 0 Å². The van der Waals surface area contributed by atoms with Crippen molar-refractivity contribution < 1.29 is 28.7 Å². The fourth-order valence-electron chi connectivity index (χ4n) is 5.98. The van der Waals surface area contributed by atoms with Crippen molar-refractivity contribution in [3.63, 3.8) is 0 Å². The summed E-state index contributed by atoms with van der Waals surface area (Å²) in [6.45, 7) is 13.2. The third kappa shape index (κ3) is 14.8. The predicted molar refractivity (Wildman–Crippen MR) is 235 cm³/mol. The van der Waals surface area contributed by atoms with Crippen LogP contribution in [0.1, 0.15) is 46.0 Å². The lowest BCUT2D eigenvalue weighted by Gasteiger charge is -2.37. The Labute approximate surface area is 364 Å². The van der Waals surface area contributed by atoms with Crippen LogP contribution in [-0.2, 0) is 21.3 Å². The van der Waals surface area contributed by atoms with Gasteiger partial charge >= 0.3 is 24.0 Å². The second kappa shape index (κ2) is 24.3. The van der Waals surface area contributed by atoms with Crippen LogP contribution >= 0.6 is 39.1 Å². The molecular formula is C42H51BrCl2N8O6. The molecule has 4 aromatic rings. The zero-order valence-corrected chi connectivity index (χ0v) is 36.9. The van der Waals surface area contributed by atoms with E-state index >= 15 is 0 Å². The minimum absolute atomic E-state index is 0.0342. The Bertz CT molecular complexity index is 1930. The number of esters is 2. The number of hydrogen-bond acceptors (Lipinski definition) is 10. The standard InChI is InChI=1S/C21H25ClN4O3.C13H18ClN3O.C8H8BrNO2/c1-3-24-10-12-25(13-11-24)21(28)26(19-8-5-17(22)6-9-19)15-18-7-4-16(14-23-18)20(27)29-2;1-2-16-7-9-17(10-8-16)13(18)15-12-5-3-11(14)4-6-12;1-12-8(11)6-2-3-7(4-9)10-5-6/h4-9,14H,3,10-13,15H2,1-2H3;3-6H,2,7-10H2,1H3,(H,15,18);2-3,5H,4H2,1H3. The van der Waals surface area contributed by atoms with Crippen molar-refractivity contribution in [1.82, 2.24) is 29.6 Å². The van der Waals surface area contributed by atoms with Gasteiger partial charge in [-0.05, 0) is 85.9 Å². The minimum Gasteiger partial charge on any atom is -0.465 e. The molecule has 0 bridgehead atoms. The van der Waals surface area contributed by atoms with Gasteiger partial charge < -0.3 is 34.4 Å². The minimum atomic E-state index is -0.441.